The summed E-state index contributed by atoms with van der Waals surface area (Å²) in [5, 5.41) is 9.58. The van der Waals surface area contributed by atoms with Crippen LogP contribution >= 0.6 is 0 Å². The summed E-state index contributed by atoms with van der Waals surface area (Å²) in [7, 11) is 0. The zero-order valence-corrected chi connectivity index (χ0v) is 16.1. The Bertz CT molecular complexity index is 949. The van der Waals surface area contributed by atoms with Crippen LogP contribution in [0, 0.1) is 28.6 Å². The number of rotatable bonds is 6. The van der Waals surface area contributed by atoms with Crippen molar-refractivity contribution < 1.29 is 14.3 Å². The number of carbonyl (C=O) groups is 1. The fourth-order valence-electron chi connectivity index (χ4n) is 3.66. The predicted octanol–water partition coefficient (Wildman–Crippen LogP) is 5.58. The third kappa shape index (κ3) is 3.80. The van der Waals surface area contributed by atoms with Gasteiger partial charge in [-0.1, -0.05) is 55.8 Å². The Labute approximate surface area is 165 Å². The van der Waals surface area contributed by atoms with Gasteiger partial charge in [0.1, 0.15) is 17.6 Å². The van der Waals surface area contributed by atoms with E-state index < -0.39 is 6.10 Å². The monoisotopic (exact) mass is 373 g/mol. The van der Waals surface area contributed by atoms with Gasteiger partial charge in [0.15, 0.2) is 0 Å². The molecular formula is C24H23NO3. The molecule has 2 aromatic carbocycles. The van der Waals surface area contributed by atoms with E-state index in [9.17, 15) is 10.1 Å². The molecule has 0 spiro atoms. The first kappa shape index (κ1) is 18.3. The van der Waals surface area contributed by atoms with Crippen LogP contribution in [0.15, 0.2) is 66.2 Å². The standard InChI is InChI=1S/C24H23NO3/c1-24(2)20(13-16-11-12-16)22(24)23(26)28-21(15-25)17-7-6-10-19(14-17)27-18-8-4-3-5-9-18/h3-10,13-14,20-22H,11-12H2,1-2H3/t20-,21-,22+/m1/s1. The number of allylic oxidation sites excluding steroid dienone is 2. The highest BCUT2D eigenvalue weighted by atomic mass is 16.5. The van der Waals surface area contributed by atoms with Crippen LogP contribution in [0.5, 0.6) is 11.5 Å². The van der Waals surface area contributed by atoms with Gasteiger partial charge in [-0.15, -0.1) is 0 Å². The van der Waals surface area contributed by atoms with Gasteiger partial charge < -0.3 is 9.47 Å². The highest BCUT2D eigenvalue weighted by Gasteiger charge is 2.62. The molecule has 28 heavy (non-hydrogen) atoms. The molecule has 0 amide bonds. The summed E-state index contributed by atoms with van der Waals surface area (Å²) < 4.78 is 11.4. The van der Waals surface area contributed by atoms with Gasteiger partial charge in [-0.3, -0.25) is 4.79 Å². The Hall–Kier alpha value is -3.06. The maximum Gasteiger partial charge on any atom is 0.311 e. The smallest absolute Gasteiger partial charge is 0.311 e. The molecule has 142 valence electrons. The minimum Gasteiger partial charge on any atom is -0.457 e. The van der Waals surface area contributed by atoms with Crippen molar-refractivity contribution in [2.75, 3.05) is 0 Å². The van der Waals surface area contributed by atoms with Crippen LogP contribution in [-0.2, 0) is 9.53 Å². The number of hydrogen-bond donors (Lipinski definition) is 0. The highest BCUT2D eigenvalue weighted by molar-refractivity contribution is 5.79. The van der Waals surface area contributed by atoms with Gasteiger partial charge in [0.25, 0.3) is 0 Å². The molecule has 0 bridgehead atoms. The second-order valence-electron chi connectivity index (χ2n) is 8.08. The SMILES string of the molecule is CC1(C)[C@H](C=C2CC2)[C@H]1C(=O)O[C@H](C#N)c1cccc(Oc2ccccc2)c1. The number of nitriles is 1. The van der Waals surface area contributed by atoms with Crippen molar-refractivity contribution in [1.29, 1.82) is 5.26 Å². The van der Waals surface area contributed by atoms with E-state index in [1.807, 2.05) is 36.4 Å². The van der Waals surface area contributed by atoms with Crippen molar-refractivity contribution in [2.24, 2.45) is 17.3 Å². The fraction of sp³-hybridized carbons (Fsp3) is 0.333. The Balaban J connectivity index is 1.46. The minimum absolute atomic E-state index is 0.106. The maximum absolute atomic E-state index is 12.7. The number of ether oxygens (including phenoxy) is 2. The highest BCUT2D eigenvalue weighted by Crippen LogP contribution is 2.61. The molecule has 4 heteroatoms. The lowest BCUT2D eigenvalue weighted by Gasteiger charge is -2.13. The van der Waals surface area contributed by atoms with Crippen molar-refractivity contribution in [3.8, 4) is 17.6 Å². The Morgan fingerprint density at radius 3 is 2.54 bits per heavy atom. The minimum atomic E-state index is -0.947. The largest absolute Gasteiger partial charge is 0.457 e. The molecule has 2 aromatic rings. The summed E-state index contributed by atoms with van der Waals surface area (Å²) in [6, 6.07) is 18.7. The first-order valence-corrected chi connectivity index (χ1v) is 9.61. The molecule has 0 heterocycles. The summed E-state index contributed by atoms with van der Waals surface area (Å²) in [4.78, 5) is 12.7. The van der Waals surface area contributed by atoms with Gasteiger partial charge in [-0.25, -0.2) is 0 Å². The van der Waals surface area contributed by atoms with Gasteiger partial charge in [0.2, 0.25) is 6.10 Å². The molecule has 2 aliphatic rings. The zero-order valence-electron chi connectivity index (χ0n) is 16.1. The van der Waals surface area contributed by atoms with Gasteiger partial charge in [0, 0.05) is 5.56 Å². The van der Waals surface area contributed by atoms with E-state index in [1.165, 1.54) is 5.57 Å². The van der Waals surface area contributed by atoms with Gasteiger partial charge >= 0.3 is 5.97 Å². The maximum atomic E-state index is 12.7. The van der Waals surface area contributed by atoms with Gasteiger partial charge in [-0.05, 0) is 48.4 Å². The Kier molecular flexibility index (Phi) is 4.68. The molecular weight excluding hydrogens is 350 g/mol. The number of hydrogen-bond acceptors (Lipinski definition) is 4. The average molecular weight is 373 g/mol. The first-order chi connectivity index (χ1) is 13.5. The third-order valence-electron chi connectivity index (χ3n) is 5.61. The number of nitrogens with zero attached hydrogens (tertiary/aromatic N) is 1. The van der Waals surface area contributed by atoms with E-state index in [2.05, 4.69) is 26.0 Å². The van der Waals surface area contributed by atoms with Crippen LogP contribution in [0.4, 0.5) is 0 Å². The van der Waals surface area contributed by atoms with Crippen molar-refractivity contribution in [3.63, 3.8) is 0 Å². The van der Waals surface area contributed by atoms with Gasteiger partial charge in [0.05, 0.1) is 5.92 Å². The van der Waals surface area contributed by atoms with Crippen LogP contribution in [0.2, 0.25) is 0 Å². The second kappa shape index (κ2) is 7.16. The quantitative estimate of drug-likeness (QED) is 0.490. The molecule has 0 N–H and O–H groups in total. The molecule has 3 atom stereocenters. The number of carbonyl (C=O) groups excluding carboxylic acids is 1. The van der Waals surface area contributed by atoms with E-state index >= 15 is 0 Å². The van der Waals surface area contributed by atoms with Crippen molar-refractivity contribution in [1.82, 2.24) is 0 Å². The molecule has 0 saturated heterocycles. The lowest BCUT2D eigenvalue weighted by atomic mass is 10.1. The van der Waals surface area contributed by atoms with Crippen LogP contribution in [-0.4, -0.2) is 5.97 Å². The van der Waals surface area contributed by atoms with Crippen molar-refractivity contribution in [3.05, 3.63) is 71.8 Å². The molecule has 4 rings (SSSR count). The molecule has 0 aliphatic heterocycles. The molecule has 2 aliphatic carbocycles. The topological polar surface area (TPSA) is 59.3 Å². The fourth-order valence-corrected chi connectivity index (χ4v) is 3.66. The van der Waals surface area contributed by atoms with Crippen LogP contribution in [0.3, 0.4) is 0 Å². The van der Waals surface area contributed by atoms with E-state index in [-0.39, 0.29) is 23.2 Å². The van der Waals surface area contributed by atoms with Crippen molar-refractivity contribution >= 4 is 5.97 Å². The summed E-state index contributed by atoms with van der Waals surface area (Å²) in [5.74, 6) is 1.04. The van der Waals surface area contributed by atoms with E-state index in [0.29, 0.717) is 17.1 Å². The predicted molar refractivity (Wildman–Crippen MR) is 105 cm³/mol. The van der Waals surface area contributed by atoms with E-state index in [4.69, 9.17) is 9.47 Å². The lowest BCUT2D eigenvalue weighted by Crippen LogP contribution is -2.14. The normalized spacial score (nSPS) is 22.5. The van der Waals surface area contributed by atoms with Crippen LogP contribution in [0.1, 0.15) is 38.4 Å². The first-order valence-electron chi connectivity index (χ1n) is 9.61. The molecule has 0 unspecified atom stereocenters. The third-order valence-corrected chi connectivity index (χ3v) is 5.61. The molecule has 0 aromatic heterocycles. The Morgan fingerprint density at radius 2 is 1.86 bits per heavy atom. The summed E-state index contributed by atoms with van der Waals surface area (Å²) >= 11 is 0. The lowest BCUT2D eigenvalue weighted by molar-refractivity contribution is -0.149. The van der Waals surface area contributed by atoms with Gasteiger partial charge in [-0.2, -0.15) is 5.26 Å². The number of esters is 1. The summed E-state index contributed by atoms with van der Waals surface area (Å²) in [5.41, 5.74) is 1.93. The Morgan fingerprint density at radius 1 is 1.14 bits per heavy atom. The molecule has 2 saturated carbocycles. The zero-order chi connectivity index (χ0) is 19.7. The average Bonchev–Trinajstić information content (AvgIpc) is 3.59. The van der Waals surface area contributed by atoms with E-state index in [1.54, 1.807) is 18.2 Å². The molecule has 0 radical (unpaired) electrons. The van der Waals surface area contributed by atoms with Crippen LogP contribution in [0.25, 0.3) is 0 Å². The van der Waals surface area contributed by atoms with E-state index in [0.717, 1.165) is 12.8 Å². The number of benzene rings is 2. The second-order valence-corrected chi connectivity index (χ2v) is 8.08. The summed E-state index contributed by atoms with van der Waals surface area (Å²) in [6.07, 6.45) is 3.56. The van der Waals surface area contributed by atoms with Crippen molar-refractivity contribution in [2.45, 2.75) is 32.8 Å². The number of para-hydroxylation sites is 1. The summed E-state index contributed by atoms with van der Waals surface area (Å²) in [6.45, 7) is 4.16. The molecule has 4 nitrogen and oxygen atoms in total. The molecule has 2 fully saturated rings. The van der Waals surface area contributed by atoms with Crippen LogP contribution < -0.4 is 4.74 Å².